The van der Waals surface area contributed by atoms with Crippen molar-refractivity contribution in [3.63, 3.8) is 0 Å². The maximum Gasteiger partial charge on any atom is 0.152 e. The smallest absolute Gasteiger partial charge is 0.152 e. The molecule has 2 nitrogen and oxygen atoms in total. The van der Waals surface area contributed by atoms with Crippen molar-refractivity contribution in [3.05, 3.63) is 22.0 Å². The minimum absolute atomic E-state index is 0.431. The Balaban J connectivity index is 3.09. The van der Waals surface area contributed by atoms with Gasteiger partial charge in [0.15, 0.2) is 5.15 Å². The van der Waals surface area contributed by atoms with Crippen LogP contribution in [0.2, 0.25) is 5.15 Å². The summed E-state index contributed by atoms with van der Waals surface area (Å²) in [6.45, 7) is 6.18. The van der Waals surface area contributed by atoms with Gasteiger partial charge in [-0.05, 0) is 37.8 Å². The van der Waals surface area contributed by atoms with Crippen LogP contribution in [0.15, 0.2) is 0 Å². The van der Waals surface area contributed by atoms with E-state index in [1.165, 1.54) is 18.4 Å². The quantitative estimate of drug-likeness (QED) is 0.782. The van der Waals surface area contributed by atoms with Crippen molar-refractivity contribution in [1.29, 1.82) is 0 Å². The van der Waals surface area contributed by atoms with E-state index in [1.807, 2.05) is 13.8 Å². The third-order valence-corrected chi connectivity index (χ3v) is 2.85. The Morgan fingerprint density at radius 2 is 2.00 bits per heavy atom. The summed E-state index contributed by atoms with van der Waals surface area (Å²) in [7, 11) is 0. The fourth-order valence-electron chi connectivity index (χ4n) is 1.59. The van der Waals surface area contributed by atoms with Crippen LogP contribution in [0, 0.1) is 13.8 Å². The van der Waals surface area contributed by atoms with E-state index >= 15 is 0 Å². The van der Waals surface area contributed by atoms with E-state index in [4.69, 9.17) is 17.3 Å². The first-order valence-electron chi connectivity index (χ1n) is 4.99. The lowest BCUT2D eigenvalue weighted by molar-refractivity contribution is 0.782. The summed E-state index contributed by atoms with van der Waals surface area (Å²) in [5, 5.41) is 0.431. The Bertz CT molecular complexity index is 335. The van der Waals surface area contributed by atoms with Crippen molar-refractivity contribution in [2.75, 3.05) is 5.73 Å². The van der Waals surface area contributed by atoms with Crippen molar-refractivity contribution in [1.82, 2.24) is 4.98 Å². The minimum Gasteiger partial charge on any atom is -0.396 e. The first kappa shape index (κ1) is 11.3. The van der Waals surface area contributed by atoms with Gasteiger partial charge >= 0.3 is 0 Å². The summed E-state index contributed by atoms with van der Waals surface area (Å²) in [6, 6.07) is 0. The van der Waals surface area contributed by atoms with Crippen LogP contribution in [0.3, 0.4) is 0 Å². The van der Waals surface area contributed by atoms with Crippen LogP contribution in [0.1, 0.15) is 36.6 Å². The van der Waals surface area contributed by atoms with Gasteiger partial charge in [0.1, 0.15) is 0 Å². The van der Waals surface area contributed by atoms with E-state index in [2.05, 4.69) is 11.9 Å². The molecule has 78 valence electrons. The van der Waals surface area contributed by atoms with Gasteiger partial charge in [-0.15, -0.1) is 0 Å². The second-order valence-corrected chi connectivity index (χ2v) is 3.97. The summed E-state index contributed by atoms with van der Waals surface area (Å²) < 4.78 is 0. The number of pyridine rings is 1. The molecule has 0 aliphatic rings. The van der Waals surface area contributed by atoms with Crippen LogP contribution in [0.25, 0.3) is 0 Å². The van der Waals surface area contributed by atoms with Gasteiger partial charge in [-0.3, -0.25) is 0 Å². The normalized spacial score (nSPS) is 10.6. The lowest BCUT2D eigenvalue weighted by atomic mass is 10.0. The van der Waals surface area contributed by atoms with Gasteiger partial charge in [-0.2, -0.15) is 0 Å². The molecule has 1 heterocycles. The SMILES string of the molecule is CCCCc1c(C)nc(Cl)c(N)c1C. The zero-order chi connectivity index (χ0) is 10.7. The molecule has 1 aromatic heterocycles. The molecule has 0 atom stereocenters. The standard InChI is InChI=1S/C11H17ClN2/c1-4-5-6-9-7(2)10(13)11(12)14-8(9)3/h4-6,13H2,1-3H3. The zero-order valence-corrected chi connectivity index (χ0v) is 9.78. The maximum atomic E-state index is 5.89. The Labute approximate surface area is 90.5 Å². The summed E-state index contributed by atoms with van der Waals surface area (Å²) in [6.07, 6.45) is 3.40. The highest BCUT2D eigenvalue weighted by Crippen LogP contribution is 2.26. The molecule has 0 saturated carbocycles. The fraction of sp³-hybridized carbons (Fsp3) is 0.545. The molecule has 3 heteroatoms. The molecule has 1 rings (SSSR count). The number of hydrogen-bond acceptors (Lipinski definition) is 2. The Morgan fingerprint density at radius 1 is 1.36 bits per heavy atom. The topological polar surface area (TPSA) is 38.9 Å². The predicted molar refractivity (Wildman–Crippen MR) is 61.7 cm³/mol. The van der Waals surface area contributed by atoms with Crippen LogP contribution in [0.4, 0.5) is 5.69 Å². The number of hydrogen-bond donors (Lipinski definition) is 1. The Morgan fingerprint density at radius 3 is 2.57 bits per heavy atom. The van der Waals surface area contributed by atoms with Crippen molar-refractivity contribution in [2.45, 2.75) is 40.0 Å². The number of nitrogen functional groups attached to an aromatic ring is 1. The summed E-state index contributed by atoms with van der Waals surface area (Å²) in [5.74, 6) is 0. The molecule has 0 spiro atoms. The first-order chi connectivity index (χ1) is 6.57. The van der Waals surface area contributed by atoms with Gasteiger partial charge in [0.05, 0.1) is 5.69 Å². The minimum atomic E-state index is 0.431. The molecule has 0 bridgehead atoms. The monoisotopic (exact) mass is 212 g/mol. The average molecular weight is 213 g/mol. The second kappa shape index (κ2) is 4.65. The summed E-state index contributed by atoms with van der Waals surface area (Å²) in [4.78, 5) is 4.23. The molecule has 0 saturated heterocycles. The van der Waals surface area contributed by atoms with Crippen molar-refractivity contribution in [2.24, 2.45) is 0 Å². The number of aromatic nitrogens is 1. The number of rotatable bonds is 3. The first-order valence-corrected chi connectivity index (χ1v) is 5.36. The molecule has 1 aromatic rings. The van der Waals surface area contributed by atoms with Gasteiger partial charge < -0.3 is 5.73 Å². The number of anilines is 1. The predicted octanol–water partition coefficient (Wildman–Crippen LogP) is 3.28. The Hall–Kier alpha value is -0.760. The molecule has 0 fully saturated rings. The van der Waals surface area contributed by atoms with E-state index in [-0.39, 0.29) is 0 Å². The summed E-state index contributed by atoms with van der Waals surface area (Å²) >= 11 is 5.89. The van der Waals surface area contributed by atoms with Gasteiger partial charge in [0.2, 0.25) is 0 Å². The molecule has 0 unspecified atom stereocenters. The molecule has 0 aromatic carbocycles. The van der Waals surface area contributed by atoms with Crippen molar-refractivity contribution >= 4 is 17.3 Å². The number of aryl methyl sites for hydroxylation is 1. The van der Waals surface area contributed by atoms with Crippen molar-refractivity contribution in [3.8, 4) is 0 Å². The van der Waals surface area contributed by atoms with Crippen LogP contribution >= 0.6 is 11.6 Å². The third kappa shape index (κ3) is 2.18. The van der Waals surface area contributed by atoms with E-state index in [1.54, 1.807) is 0 Å². The summed E-state index contributed by atoms with van der Waals surface area (Å²) in [5.41, 5.74) is 9.82. The number of nitrogens with zero attached hydrogens (tertiary/aromatic N) is 1. The largest absolute Gasteiger partial charge is 0.396 e. The van der Waals surface area contributed by atoms with E-state index in [9.17, 15) is 0 Å². The maximum absolute atomic E-state index is 5.89. The number of halogens is 1. The second-order valence-electron chi connectivity index (χ2n) is 3.61. The number of unbranched alkanes of at least 4 members (excludes halogenated alkanes) is 1. The molecule has 14 heavy (non-hydrogen) atoms. The van der Waals surface area contributed by atoms with E-state index in [0.717, 1.165) is 17.7 Å². The highest BCUT2D eigenvalue weighted by atomic mass is 35.5. The molecular weight excluding hydrogens is 196 g/mol. The van der Waals surface area contributed by atoms with E-state index < -0.39 is 0 Å². The molecule has 0 radical (unpaired) electrons. The highest BCUT2D eigenvalue weighted by Gasteiger charge is 2.10. The fourth-order valence-corrected chi connectivity index (χ4v) is 1.85. The number of nitrogens with two attached hydrogens (primary N) is 1. The van der Waals surface area contributed by atoms with Gasteiger partial charge in [-0.25, -0.2) is 4.98 Å². The molecule has 0 aliphatic heterocycles. The lowest BCUT2D eigenvalue weighted by Crippen LogP contribution is -2.03. The highest BCUT2D eigenvalue weighted by molar-refractivity contribution is 6.32. The molecule has 0 amide bonds. The van der Waals surface area contributed by atoms with E-state index in [0.29, 0.717) is 10.8 Å². The zero-order valence-electron chi connectivity index (χ0n) is 9.02. The van der Waals surface area contributed by atoms with Crippen molar-refractivity contribution < 1.29 is 0 Å². The molecule has 0 aliphatic carbocycles. The molecular formula is C11H17ClN2. The lowest BCUT2D eigenvalue weighted by Gasteiger charge is -2.12. The van der Waals surface area contributed by atoms with Gasteiger partial charge in [0, 0.05) is 5.69 Å². The van der Waals surface area contributed by atoms with Gasteiger partial charge in [-0.1, -0.05) is 24.9 Å². The average Bonchev–Trinajstić information content (AvgIpc) is 2.14. The van der Waals surface area contributed by atoms with Crippen LogP contribution in [-0.2, 0) is 6.42 Å². The third-order valence-electron chi connectivity index (χ3n) is 2.56. The van der Waals surface area contributed by atoms with Crippen LogP contribution in [0.5, 0.6) is 0 Å². The van der Waals surface area contributed by atoms with Crippen LogP contribution in [-0.4, -0.2) is 4.98 Å². The van der Waals surface area contributed by atoms with Crippen LogP contribution < -0.4 is 5.73 Å². The Kier molecular flexibility index (Phi) is 3.76. The van der Waals surface area contributed by atoms with Gasteiger partial charge in [0.25, 0.3) is 0 Å². The molecule has 2 N–H and O–H groups in total.